The summed E-state index contributed by atoms with van der Waals surface area (Å²) in [5.74, 6) is -0.709. The lowest BCUT2D eigenvalue weighted by Crippen LogP contribution is -2.41. The molecule has 0 fully saturated rings. The third-order valence-corrected chi connectivity index (χ3v) is 3.57. The van der Waals surface area contributed by atoms with Crippen molar-refractivity contribution >= 4 is 11.8 Å². The van der Waals surface area contributed by atoms with E-state index < -0.39 is 5.91 Å². The number of aryl methyl sites for hydroxylation is 2. The van der Waals surface area contributed by atoms with E-state index >= 15 is 0 Å². The quantitative estimate of drug-likeness (QED) is 0.822. The number of carbonyl (C=O) groups excluding carboxylic acids is 2. The number of rotatable bonds is 2. The Kier molecular flexibility index (Phi) is 3.64. The molecule has 1 aliphatic rings. The third-order valence-electron chi connectivity index (χ3n) is 3.57. The van der Waals surface area contributed by atoms with Gasteiger partial charge in [0.15, 0.2) is 0 Å². The molecule has 1 heterocycles. The van der Waals surface area contributed by atoms with Crippen molar-refractivity contribution in [1.82, 2.24) is 15.8 Å². The summed E-state index contributed by atoms with van der Waals surface area (Å²) in [6, 6.07) is 8.96. The molecule has 3 rings (SSSR count). The van der Waals surface area contributed by atoms with Crippen molar-refractivity contribution in [3.8, 4) is 0 Å². The lowest BCUT2D eigenvalue weighted by molar-refractivity contribution is 0.0846. The first-order valence-corrected chi connectivity index (χ1v) is 6.86. The summed E-state index contributed by atoms with van der Waals surface area (Å²) in [6.07, 6.45) is 6.25. The highest BCUT2D eigenvalue weighted by atomic mass is 16.2. The molecule has 1 aliphatic carbocycles. The average molecular weight is 281 g/mol. The van der Waals surface area contributed by atoms with Crippen molar-refractivity contribution < 1.29 is 9.59 Å². The topological polar surface area (TPSA) is 71.1 Å². The van der Waals surface area contributed by atoms with Gasteiger partial charge in [0.05, 0.1) is 5.56 Å². The second-order valence-corrected chi connectivity index (χ2v) is 4.99. The van der Waals surface area contributed by atoms with Crippen molar-refractivity contribution in [3.05, 3.63) is 65.0 Å². The van der Waals surface area contributed by atoms with Crippen molar-refractivity contribution in [2.75, 3.05) is 0 Å². The van der Waals surface area contributed by atoms with Crippen LogP contribution in [0.25, 0.3) is 0 Å². The standard InChI is InChI=1S/C16H15N3O2/c20-15(13-7-6-11-3-1-4-12(11)9-13)18-19-16(21)14-5-2-8-17-10-14/h2,5-10H,1,3-4H2,(H,18,20)(H,19,21). The van der Waals surface area contributed by atoms with Gasteiger partial charge < -0.3 is 0 Å². The van der Waals surface area contributed by atoms with Crippen LogP contribution in [0, 0.1) is 0 Å². The van der Waals surface area contributed by atoms with Crippen LogP contribution in [0.3, 0.4) is 0 Å². The Bertz CT molecular complexity index is 683. The number of benzene rings is 1. The Hall–Kier alpha value is -2.69. The first kappa shape index (κ1) is 13.3. The maximum absolute atomic E-state index is 12.0. The lowest BCUT2D eigenvalue weighted by atomic mass is 10.1. The third kappa shape index (κ3) is 2.91. The molecule has 0 saturated heterocycles. The van der Waals surface area contributed by atoms with E-state index in [1.165, 1.54) is 17.3 Å². The highest BCUT2D eigenvalue weighted by Gasteiger charge is 2.14. The monoisotopic (exact) mass is 281 g/mol. The van der Waals surface area contributed by atoms with E-state index in [0.717, 1.165) is 19.3 Å². The fraction of sp³-hybridized carbons (Fsp3) is 0.188. The number of hydrogen-bond acceptors (Lipinski definition) is 3. The molecule has 0 saturated carbocycles. The summed E-state index contributed by atoms with van der Waals surface area (Å²) in [5, 5.41) is 0. The number of pyridine rings is 1. The molecule has 21 heavy (non-hydrogen) atoms. The van der Waals surface area contributed by atoms with E-state index in [0.29, 0.717) is 11.1 Å². The lowest BCUT2D eigenvalue weighted by Gasteiger charge is -2.08. The molecule has 2 N–H and O–H groups in total. The second-order valence-electron chi connectivity index (χ2n) is 4.99. The van der Waals surface area contributed by atoms with Gasteiger partial charge in [0.25, 0.3) is 11.8 Å². The van der Waals surface area contributed by atoms with E-state index in [-0.39, 0.29) is 5.91 Å². The number of hydrogen-bond donors (Lipinski definition) is 2. The van der Waals surface area contributed by atoms with Crippen LogP contribution in [-0.4, -0.2) is 16.8 Å². The minimum absolute atomic E-state index is 0.318. The number of carbonyl (C=O) groups is 2. The fourth-order valence-electron chi connectivity index (χ4n) is 2.47. The van der Waals surface area contributed by atoms with E-state index in [1.807, 2.05) is 12.1 Å². The van der Waals surface area contributed by atoms with Crippen molar-refractivity contribution in [1.29, 1.82) is 0 Å². The molecular weight excluding hydrogens is 266 g/mol. The van der Waals surface area contributed by atoms with Crippen LogP contribution in [0.2, 0.25) is 0 Å². The maximum atomic E-state index is 12.0. The van der Waals surface area contributed by atoms with Crippen molar-refractivity contribution in [3.63, 3.8) is 0 Å². The Labute approximate surface area is 122 Å². The van der Waals surface area contributed by atoms with Crippen molar-refractivity contribution in [2.45, 2.75) is 19.3 Å². The van der Waals surface area contributed by atoms with E-state index in [1.54, 1.807) is 24.4 Å². The smallest absolute Gasteiger partial charge is 0.267 e. The molecule has 0 radical (unpaired) electrons. The Morgan fingerprint density at radius 1 is 0.952 bits per heavy atom. The molecule has 106 valence electrons. The first-order chi connectivity index (χ1) is 10.2. The first-order valence-electron chi connectivity index (χ1n) is 6.86. The molecule has 0 spiro atoms. The zero-order valence-electron chi connectivity index (χ0n) is 11.4. The van der Waals surface area contributed by atoms with Gasteiger partial charge in [-0.2, -0.15) is 0 Å². The Morgan fingerprint density at radius 2 is 1.71 bits per heavy atom. The zero-order chi connectivity index (χ0) is 14.7. The largest absolute Gasteiger partial charge is 0.271 e. The minimum Gasteiger partial charge on any atom is -0.267 e. The predicted octanol–water partition coefficient (Wildman–Crippen LogP) is 1.65. The molecule has 1 aromatic carbocycles. The summed E-state index contributed by atoms with van der Waals surface area (Å²) >= 11 is 0. The molecule has 0 bridgehead atoms. The molecule has 0 aliphatic heterocycles. The van der Waals surface area contributed by atoms with Crippen LogP contribution in [0.15, 0.2) is 42.7 Å². The van der Waals surface area contributed by atoms with E-state index in [4.69, 9.17) is 0 Å². The van der Waals surface area contributed by atoms with Gasteiger partial charge in [-0.1, -0.05) is 6.07 Å². The summed E-state index contributed by atoms with van der Waals surface area (Å²) in [7, 11) is 0. The van der Waals surface area contributed by atoms with Crippen LogP contribution in [0.5, 0.6) is 0 Å². The molecule has 5 nitrogen and oxygen atoms in total. The van der Waals surface area contributed by atoms with E-state index in [9.17, 15) is 9.59 Å². The van der Waals surface area contributed by atoms with Gasteiger partial charge in [0.2, 0.25) is 0 Å². The van der Waals surface area contributed by atoms with Crippen LogP contribution in [0.4, 0.5) is 0 Å². The normalized spacial score (nSPS) is 12.6. The van der Waals surface area contributed by atoms with Gasteiger partial charge in [0.1, 0.15) is 0 Å². The van der Waals surface area contributed by atoms with Gasteiger partial charge in [-0.15, -0.1) is 0 Å². The van der Waals surface area contributed by atoms with Gasteiger partial charge in [0, 0.05) is 18.0 Å². The summed E-state index contributed by atoms with van der Waals surface area (Å²) in [6.45, 7) is 0. The SMILES string of the molecule is O=C(NNC(=O)c1ccc2c(c1)CCC2)c1cccnc1. The fourth-order valence-corrected chi connectivity index (χ4v) is 2.47. The number of nitrogens with one attached hydrogen (secondary N) is 2. The molecule has 2 aromatic rings. The van der Waals surface area contributed by atoms with Gasteiger partial charge in [-0.05, 0) is 54.7 Å². The molecule has 1 aromatic heterocycles. The predicted molar refractivity (Wildman–Crippen MR) is 77.6 cm³/mol. The summed E-state index contributed by atoms with van der Waals surface area (Å²) in [5.41, 5.74) is 8.30. The molecule has 5 heteroatoms. The summed E-state index contributed by atoms with van der Waals surface area (Å²) < 4.78 is 0. The molecule has 0 atom stereocenters. The molecule has 2 amide bonds. The highest BCUT2D eigenvalue weighted by Crippen LogP contribution is 2.22. The second kappa shape index (κ2) is 5.75. The van der Waals surface area contributed by atoms with Gasteiger partial charge in [-0.3, -0.25) is 25.4 Å². The Balaban J connectivity index is 1.63. The van der Waals surface area contributed by atoms with Crippen LogP contribution in [-0.2, 0) is 12.8 Å². The van der Waals surface area contributed by atoms with Crippen molar-refractivity contribution in [2.24, 2.45) is 0 Å². The molecule has 0 unspecified atom stereocenters. The number of fused-ring (bicyclic) bond motifs is 1. The number of nitrogens with zero attached hydrogens (tertiary/aromatic N) is 1. The number of hydrazine groups is 1. The number of aromatic nitrogens is 1. The maximum Gasteiger partial charge on any atom is 0.271 e. The zero-order valence-corrected chi connectivity index (χ0v) is 11.4. The summed E-state index contributed by atoms with van der Waals surface area (Å²) in [4.78, 5) is 27.7. The minimum atomic E-state index is -0.391. The number of amides is 2. The highest BCUT2D eigenvalue weighted by molar-refractivity contribution is 5.99. The van der Waals surface area contributed by atoms with E-state index in [2.05, 4.69) is 15.8 Å². The Morgan fingerprint density at radius 3 is 2.48 bits per heavy atom. The van der Waals surface area contributed by atoms with Gasteiger partial charge in [-0.25, -0.2) is 0 Å². The average Bonchev–Trinajstić information content (AvgIpc) is 3.00. The van der Waals surface area contributed by atoms with Crippen LogP contribution in [0.1, 0.15) is 38.3 Å². The van der Waals surface area contributed by atoms with Gasteiger partial charge >= 0.3 is 0 Å². The van der Waals surface area contributed by atoms with Crippen LogP contribution >= 0.6 is 0 Å². The van der Waals surface area contributed by atoms with Crippen LogP contribution < -0.4 is 10.9 Å². The molecular formula is C16H15N3O2.